The summed E-state index contributed by atoms with van der Waals surface area (Å²) in [4.78, 5) is 44.7. The van der Waals surface area contributed by atoms with Crippen LogP contribution in [0.4, 0.5) is 10.1 Å². The monoisotopic (exact) mass is 498 g/mol. The standard InChI is InChI=1S/C27H35FN4O4/c1-3-29-10-12-30(13-11-29)24-15-23-20(14-22(24)28)26(34)21(16-32(23)19-4-5-19)27(35)36-17-25(33)31-8-6-18(2)7-9-31/h14-16,18-19H,3-13,17H2,1-2H3. The molecule has 3 fully saturated rings. The third-order valence-electron chi connectivity index (χ3n) is 7.88. The molecule has 1 aromatic heterocycles. The summed E-state index contributed by atoms with van der Waals surface area (Å²) in [5.41, 5.74) is 0.404. The average molecular weight is 499 g/mol. The molecule has 1 saturated carbocycles. The summed E-state index contributed by atoms with van der Waals surface area (Å²) in [5.74, 6) is -0.975. The van der Waals surface area contributed by atoms with Crippen LogP contribution >= 0.6 is 0 Å². The van der Waals surface area contributed by atoms with Gasteiger partial charge in [0.2, 0.25) is 5.43 Å². The molecule has 0 radical (unpaired) electrons. The van der Waals surface area contributed by atoms with E-state index in [4.69, 9.17) is 4.74 Å². The van der Waals surface area contributed by atoms with E-state index < -0.39 is 23.8 Å². The van der Waals surface area contributed by atoms with Crippen molar-refractivity contribution in [3.8, 4) is 0 Å². The Kier molecular flexibility index (Phi) is 7.01. The molecule has 3 heterocycles. The number of piperazine rings is 1. The molecule has 1 aliphatic carbocycles. The van der Waals surface area contributed by atoms with Gasteiger partial charge in [-0.2, -0.15) is 0 Å². The number of nitrogens with zero attached hydrogens (tertiary/aromatic N) is 4. The SMILES string of the molecule is CCN1CCN(c2cc3c(cc2F)c(=O)c(C(=O)OCC(=O)N2CCC(C)CC2)cn3C2CC2)CC1. The van der Waals surface area contributed by atoms with Gasteiger partial charge < -0.3 is 24.0 Å². The summed E-state index contributed by atoms with van der Waals surface area (Å²) in [7, 11) is 0. The van der Waals surface area contributed by atoms with Gasteiger partial charge in [0.05, 0.1) is 11.2 Å². The second kappa shape index (κ2) is 10.2. The number of esters is 1. The summed E-state index contributed by atoms with van der Waals surface area (Å²) >= 11 is 0. The molecule has 9 heteroatoms. The van der Waals surface area contributed by atoms with Crippen molar-refractivity contribution in [1.29, 1.82) is 0 Å². The van der Waals surface area contributed by atoms with Crippen LogP contribution in [0, 0.1) is 11.7 Å². The molecule has 0 unspecified atom stereocenters. The number of piperidine rings is 1. The fraction of sp³-hybridized carbons (Fsp3) is 0.593. The van der Waals surface area contributed by atoms with Crippen LogP contribution in [0.15, 0.2) is 23.1 Å². The van der Waals surface area contributed by atoms with Crippen molar-refractivity contribution in [1.82, 2.24) is 14.4 Å². The van der Waals surface area contributed by atoms with E-state index in [9.17, 15) is 14.4 Å². The zero-order valence-electron chi connectivity index (χ0n) is 21.2. The van der Waals surface area contributed by atoms with Crippen LogP contribution in [0.5, 0.6) is 0 Å². The maximum Gasteiger partial charge on any atom is 0.344 e. The van der Waals surface area contributed by atoms with Crippen molar-refractivity contribution in [3.05, 3.63) is 39.9 Å². The average Bonchev–Trinajstić information content (AvgIpc) is 3.73. The van der Waals surface area contributed by atoms with Gasteiger partial charge >= 0.3 is 5.97 Å². The minimum absolute atomic E-state index is 0.154. The Balaban J connectivity index is 1.39. The first-order chi connectivity index (χ1) is 17.4. The number of likely N-dealkylation sites (tertiary alicyclic amines) is 1. The van der Waals surface area contributed by atoms with Crippen molar-refractivity contribution >= 4 is 28.5 Å². The number of hydrogen-bond donors (Lipinski definition) is 0. The number of ether oxygens (including phenoxy) is 1. The van der Waals surface area contributed by atoms with Crippen LogP contribution in [0.2, 0.25) is 0 Å². The molecule has 2 aromatic rings. The lowest BCUT2D eigenvalue weighted by Crippen LogP contribution is -2.46. The fourth-order valence-electron chi connectivity index (χ4n) is 5.26. The lowest BCUT2D eigenvalue weighted by atomic mass is 9.99. The number of anilines is 1. The van der Waals surface area contributed by atoms with E-state index in [0.29, 0.717) is 30.2 Å². The number of pyridine rings is 1. The fourth-order valence-corrected chi connectivity index (χ4v) is 5.26. The van der Waals surface area contributed by atoms with Gasteiger partial charge in [-0.25, -0.2) is 9.18 Å². The molecular formula is C27H35FN4O4. The second-order valence-corrected chi connectivity index (χ2v) is 10.4. The van der Waals surface area contributed by atoms with Crippen molar-refractivity contribution in [2.75, 3.05) is 57.3 Å². The zero-order chi connectivity index (χ0) is 25.4. The third-order valence-corrected chi connectivity index (χ3v) is 7.88. The first kappa shape index (κ1) is 24.7. The highest BCUT2D eigenvalue weighted by Gasteiger charge is 2.29. The van der Waals surface area contributed by atoms with Gasteiger partial charge in [0.1, 0.15) is 11.4 Å². The quantitative estimate of drug-likeness (QED) is 0.570. The third kappa shape index (κ3) is 4.98. The van der Waals surface area contributed by atoms with Crippen LogP contribution < -0.4 is 10.3 Å². The smallest absolute Gasteiger partial charge is 0.344 e. The number of aromatic nitrogens is 1. The Morgan fingerprint density at radius 2 is 1.72 bits per heavy atom. The number of carbonyl (C=O) groups excluding carboxylic acids is 2. The molecule has 8 nitrogen and oxygen atoms in total. The van der Waals surface area contributed by atoms with Crippen molar-refractivity contribution in [2.24, 2.45) is 5.92 Å². The molecule has 2 aliphatic heterocycles. The van der Waals surface area contributed by atoms with E-state index in [1.165, 1.54) is 12.3 Å². The Bertz CT molecular complexity index is 1210. The van der Waals surface area contributed by atoms with E-state index in [1.807, 2.05) is 9.47 Å². The predicted octanol–water partition coefficient (Wildman–Crippen LogP) is 3.03. The molecule has 3 aliphatic rings. The molecule has 1 aromatic carbocycles. The lowest BCUT2D eigenvalue weighted by Gasteiger charge is -2.35. The molecule has 0 N–H and O–H groups in total. The summed E-state index contributed by atoms with van der Waals surface area (Å²) in [6.07, 6.45) is 5.26. The summed E-state index contributed by atoms with van der Waals surface area (Å²) in [6.45, 7) is 9.32. The molecule has 36 heavy (non-hydrogen) atoms. The summed E-state index contributed by atoms with van der Waals surface area (Å²) in [5, 5.41) is 0.168. The highest BCUT2D eigenvalue weighted by atomic mass is 19.1. The largest absolute Gasteiger partial charge is 0.452 e. The lowest BCUT2D eigenvalue weighted by molar-refractivity contribution is -0.135. The molecule has 0 atom stereocenters. The van der Waals surface area contributed by atoms with E-state index in [1.54, 1.807) is 11.0 Å². The second-order valence-electron chi connectivity index (χ2n) is 10.4. The first-order valence-corrected chi connectivity index (χ1v) is 13.2. The molecule has 2 saturated heterocycles. The molecule has 5 rings (SSSR count). The van der Waals surface area contributed by atoms with Crippen LogP contribution in [0.25, 0.3) is 10.9 Å². The first-order valence-electron chi connectivity index (χ1n) is 13.2. The Morgan fingerprint density at radius 1 is 1.03 bits per heavy atom. The van der Waals surface area contributed by atoms with Crippen LogP contribution in [-0.4, -0.2) is 78.7 Å². The van der Waals surface area contributed by atoms with E-state index >= 15 is 4.39 Å². The number of fused-ring (bicyclic) bond motifs is 1. The number of likely N-dealkylation sites (N-methyl/N-ethyl adjacent to an activating group) is 1. The van der Waals surface area contributed by atoms with Crippen molar-refractivity contribution < 1.29 is 18.7 Å². The summed E-state index contributed by atoms with van der Waals surface area (Å²) < 4.78 is 22.4. The Morgan fingerprint density at radius 3 is 2.36 bits per heavy atom. The van der Waals surface area contributed by atoms with Gasteiger partial charge in [0.25, 0.3) is 5.91 Å². The van der Waals surface area contributed by atoms with Gasteiger partial charge in [-0.3, -0.25) is 9.59 Å². The molecule has 1 amide bonds. The maximum absolute atomic E-state index is 15.3. The number of amides is 1. The van der Waals surface area contributed by atoms with Crippen LogP contribution in [0.1, 0.15) is 55.9 Å². The predicted molar refractivity (Wildman–Crippen MR) is 136 cm³/mol. The highest BCUT2D eigenvalue weighted by Crippen LogP contribution is 2.38. The van der Waals surface area contributed by atoms with Gasteiger partial charge in [-0.05, 0) is 50.3 Å². The van der Waals surface area contributed by atoms with Gasteiger partial charge in [-0.15, -0.1) is 0 Å². The highest BCUT2D eigenvalue weighted by molar-refractivity contribution is 5.95. The van der Waals surface area contributed by atoms with E-state index in [2.05, 4.69) is 18.7 Å². The Hall–Kier alpha value is -2.94. The normalized spacial score (nSPS) is 19.6. The van der Waals surface area contributed by atoms with E-state index in [0.717, 1.165) is 58.4 Å². The van der Waals surface area contributed by atoms with E-state index in [-0.39, 0.29) is 22.9 Å². The number of carbonyl (C=O) groups is 2. The molecule has 0 spiro atoms. The summed E-state index contributed by atoms with van der Waals surface area (Å²) in [6, 6.07) is 3.17. The van der Waals surface area contributed by atoms with Crippen LogP contribution in [-0.2, 0) is 9.53 Å². The number of rotatable bonds is 6. The minimum Gasteiger partial charge on any atom is -0.452 e. The maximum atomic E-state index is 15.3. The van der Waals surface area contributed by atoms with Crippen LogP contribution in [0.3, 0.4) is 0 Å². The van der Waals surface area contributed by atoms with Crippen molar-refractivity contribution in [3.63, 3.8) is 0 Å². The topological polar surface area (TPSA) is 75.1 Å². The van der Waals surface area contributed by atoms with Crippen molar-refractivity contribution in [2.45, 2.75) is 45.6 Å². The number of benzene rings is 1. The number of halogens is 1. The molecular weight excluding hydrogens is 463 g/mol. The van der Waals surface area contributed by atoms with Gasteiger partial charge in [0, 0.05) is 56.9 Å². The Labute approximate surface area is 210 Å². The number of hydrogen-bond acceptors (Lipinski definition) is 6. The minimum atomic E-state index is -0.838. The van der Waals surface area contributed by atoms with Gasteiger partial charge in [-0.1, -0.05) is 13.8 Å². The molecule has 194 valence electrons. The molecule has 0 bridgehead atoms. The van der Waals surface area contributed by atoms with Gasteiger partial charge in [0.15, 0.2) is 6.61 Å². The zero-order valence-corrected chi connectivity index (χ0v) is 21.2.